The van der Waals surface area contributed by atoms with Crippen LogP contribution in [0, 0.1) is 6.92 Å². The molecule has 3 aromatic carbocycles. The molecule has 0 radical (unpaired) electrons. The van der Waals surface area contributed by atoms with E-state index in [1.807, 2.05) is 38.1 Å². The number of methoxy groups -OCH3 is 1. The first-order valence-electron chi connectivity index (χ1n) is 13.2. The summed E-state index contributed by atoms with van der Waals surface area (Å²) in [5, 5.41) is 3.07. The number of nitrogens with one attached hydrogen (secondary N) is 1. The van der Waals surface area contributed by atoms with E-state index in [0.717, 1.165) is 32.7 Å². The number of hydrogen-bond acceptors (Lipinski definition) is 5. The molecule has 1 atom stereocenters. The first-order chi connectivity index (χ1) is 19.5. The van der Waals surface area contributed by atoms with E-state index in [1.165, 1.54) is 36.3 Å². The van der Waals surface area contributed by atoms with Gasteiger partial charge in [-0.3, -0.25) is 13.9 Å². The maximum Gasteiger partial charge on any atom is 0.264 e. The van der Waals surface area contributed by atoms with Crippen molar-refractivity contribution in [3.63, 3.8) is 0 Å². The monoisotopic (exact) mass is 663 g/mol. The summed E-state index contributed by atoms with van der Waals surface area (Å²) in [6.07, 6.45) is 1.71. The standard InChI is InChI=1S/C30H35BrClN3O5S/c1-5-6-17-33-30(37)22(3)34(19-23-9-11-24(31)12-10-23)29(36)20-35(25-13-16-28(40-4)27(32)18-25)41(38,39)26-14-7-21(2)8-15-26/h7-16,18,22H,5-6,17,19-20H2,1-4H3,(H,33,37). The van der Waals surface area contributed by atoms with Gasteiger partial charge in [0.1, 0.15) is 18.3 Å². The Bertz CT molecular complexity index is 1450. The van der Waals surface area contributed by atoms with Crippen LogP contribution in [-0.2, 0) is 26.2 Å². The second-order valence-corrected chi connectivity index (χ2v) is 12.8. The quantitative estimate of drug-likeness (QED) is 0.228. The fourth-order valence-corrected chi connectivity index (χ4v) is 6.00. The zero-order chi connectivity index (χ0) is 30.2. The van der Waals surface area contributed by atoms with Gasteiger partial charge >= 0.3 is 0 Å². The molecule has 3 aromatic rings. The minimum absolute atomic E-state index is 0.0210. The third-order valence-electron chi connectivity index (χ3n) is 6.57. The topological polar surface area (TPSA) is 96.0 Å². The highest BCUT2D eigenvalue weighted by atomic mass is 79.9. The lowest BCUT2D eigenvalue weighted by Gasteiger charge is -2.32. The molecule has 2 amide bonds. The van der Waals surface area contributed by atoms with E-state index < -0.39 is 28.5 Å². The predicted molar refractivity (Wildman–Crippen MR) is 166 cm³/mol. The van der Waals surface area contributed by atoms with Crippen molar-refractivity contribution < 1.29 is 22.7 Å². The molecule has 0 fully saturated rings. The molecule has 8 nitrogen and oxygen atoms in total. The van der Waals surface area contributed by atoms with Gasteiger partial charge in [0.2, 0.25) is 11.8 Å². The molecule has 0 aliphatic heterocycles. The molecule has 220 valence electrons. The van der Waals surface area contributed by atoms with Crippen LogP contribution >= 0.6 is 27.5 Å². The van der Waals surface area contributed by atoms with Crippen LogP contribution in [0.5, 0.6) is 5.75 Å². The maximum atomic E-state index is 14.0. The highest BCUT2D eigenvalue weighted by molar-refractivity contribution is 9.10. The summed E-state index contributed by atoms with van der Waals surface area (Å²) >= 11 is 9.78. The third kappa shape index (κ3) is 8.47. The number of carbonyl (C=O) groups is 2. The maximum absolute atomic E-state index is 14.0. The van der Waals surface area contributed by atoms with Crippen molar-refractivity contribution in [1.82, 2.24) is 10.2 Å². The van der Waals surface area contributed by atoms with Gasteiger partial charge in [-0.15, -0.1) is 0 Å². The zero-order valence-corrected chi connectivity index (χ0v) is 26.7. The minimum Gasteiger partial charge on any atom is -0.495 e. The average Bonchev–Trinajstić information content (AvgIpc) is 2.95. The highest BCUT2D eigenvalue weighted by Gasteiger charge is 2.32. The van der Waals surface area contributed by atoms with Crippen LogP contribution in [0.3, 0.4) is 0 Å². The molecule has 0 saturated heterocycles. The van der Waals surface area contributed by atoms with Gasteiger partial charge in [0.05, 0.1) is 22.7 Å². The Morgan fingerprint density at radius 2 is 1.71 bits per heavy atom. The fourth-order valence-electron chi connectivity index (χ4n) is 4.08. The van der Waals surface area contributed by atoms with Crippen molar-refractivity contribution in [2.45, 2.75) is 51.1 Å². The Morgan fingerprint density at radius 3 is 2.29 bits per heavy atom. The van der Waals surface area contributed by atoms with Gasteiger partial charge in [0.15, 0.2) is 0 Å². The smallest absolute Gasteiger partial charge is 0.264 e. The molecule has 0 spiro atoms. The average molecular weight is 665 g/mol. The van der Waals surface area contributed by atoms with Gasteiger partial charge in [0.25, 0.3) is 10.0 Å². The third-order valence-corrected chi connectivity index (χ3v) is 9.19. The molecule has 11 heteroatoms. The normalized spacial score (nSPS) is 12.0. The molecule has 3 rings (SSSR count). The number of aryl methyl sites for hydroxylation is 1. The molecule has 0 bridgehead atoms. The van der Waals surface area contributed by atoms with E-state index in [2.05, 4.69) is 21.2 Å². The second kappa shape index (κ2) is 14.7. The first-order valence-corrected chi connectivity index (χ1v) is 15.8. The second-order valence-electron chi connectivity index (χ2n) is 9.61. The van der Waals surface area contributed by atoms with Crippen LogP contribution in [0.15, 0.2) is 76.1 Å². The summed E-state index contributed by atoms with van der Waals surface area (Å²) in [5.74, 6) is -0.498. The number of hydrogen-bond donors (Lipinski definition) is 1. The summed E-state index contributed by atoms with van der Waals surface area (Å²) in [4.78, 5) is 28.5. The van der Waals surface area contributed by atoms with Crippen molar-refractivity contribution in [2.24, 2.45) is 0 Å². The lowest BCUT2D eigenvalue weighted by molar-refractivity contribution is -0.139. The summed E-state index contributed by atoms with van der Waals surface area (Å²) in [6, 6.07) is 17.4. The number of ether oxygens (including phenoxy) is 1. The predicted octanol–water partition coefficient (Wildman–Crippen LogP) is 5.95. The largest absolute Gasteiger partial charge is 0.495 e. The molecule has 1 N–H and O–H groups in total. The van der Waals surface area contributed by atoms with Gasteiger partial charge < -0.3 is 15.0 Å². The lowest BCUT2D eigenvalue weighted by atomic mass is 10.1. The lowest BCUT2D eigenvalue weighted by Crippen LogP contribution is -2.51. The fraction of sp³-hybridized carbons (Fsp3) is 0.333. The molecule has 41 heavy (non-hydrogen) atoms. The molecular weight excluding hydrogens is 630 g/mol. The van der Waals surface area contributed by atoms with Crippen LogP contribution in [0.25, 0.3) is 0 Å². The molecule has 0 heterocycles. The SMILES string of the molecule is CCCCNC(=O)C(C)N(Cc1ccc(Br)cc1)C(=O)CN(c1ccc(OC)c(Cl)c1)S(=O)(=O)c1ccc(C)cc1. The number of unbranched alkanes of at least 4 members (excludes halogenated alkanes) is 1. The summed E-state index contributed by atoms with van der Waals surface area (Å²) in [5.41, 5.74) is 1.87. The van der Waals surface area contributed by atoms with Gasteiger partial charge in [-0.1, -0.05) is 70.7 Å². The molecule has 0 aliphatic carbocycles. The molecular formula is C30H35BrClN3O5S. The van der Waals surface area contributed by atoms with Crippen LogP contribution in [0.2, 0.25) is 5.02 Å². The Labute approximate surface area is 255 Å². The number of halogens is 2. The van der Waals surface area contributed by atoms with Gasteiger partial charge in [0, 0.05) is 17.6 Å². The highest BCUT2D eigenvalue weighted by Crippen LogP contribution is 2.32. The number of carbonyl (C=O) groups excluding carboxylic acids is 2. The Balaban J connectivity index is 2.03. The van der Waals surface area contributed by atoms with Crippen molar-refractivity contribution in [2.75, 3.05) is 24.5 Å². The number of anilines is 1. The van der Waals surface area contributed by atoms with Crippen LogP contribution in [0.1, 0.15) is 37.8 Å². The summed E-state index contributed by atoms with van der Waals surface area (Å²) < 4.78 is 35.0. The Kier molecular flexibility index (Phi) is 11.6. The van der Waals surface area contributed by atoms with Crippen LogP contribution in [0.4, 0.5) is 5.69 Å². The van der Waals surface area contributed by atoms with Crippen molar-refractivity contribution in [1.29, 1.82) is 0 Å². The van der Waals surface area contributed by atoms with E-state index in [1.54, 1.807) is 25.1 Å². The van der Waals surface area contributed by atoms with E-state index in [4.69, 9.17) is 16.3 Å². The van der Waals surface area contributed by atoms with Gasteiger partial charge in [-0.05, 0) is 68.3 Å². The van der Waals surface area contributed by atoms with Crippen molar-refractivity contribution in [3.05, 3.63) is 87.4 Å². The Hall–Kier alpha value is -3.08. The minimum atomic E-state index is -4.20. The number of benzene rings is 3. The van der Waals surface area contributed by atoms with E-state index in [0.29, 0.717) is 12.3 Å². The van der Waals surface area contributed by atoms with Crippen molar-refractivity contribution >= 4 is 55.1 Å². The number of sulfonamides is 1. The number of rotatable bonds is 13. The van der Waals surface area contributed by atoms with E-state index >= 15 is 0 Å². The summed E-state index contributed by atoms with van der Waals surface area (Å²) in [7, 11) is -2.74. The summed E-state index contributed by atoms with van der Waals surface area (Å²) in [6.45, 7) is 5.55. The molecule has 0 aromatic heterocycles. The number of nitrogens with zero attached hydrogens (tertiary/aromatic N) is 2. The van der Waals surface area contributed by atoms with Gasteiger partial charge in [-0.2, -0.15) is 0 Å². The molecule has 0 saturated carbocycles. The van der Waals surface area contributed by atoms with Crippen molar-refractivity contribution in [3.8, 4) is 5.75 Å². The van der Waals surface area contributed by atoms with Gasteiger partial charge in [-0.25, -0.2) is 8.42 Å². The van der Waals surface area contributed by atoms with Crippen LogP contribution in [-0.4, -0.2) is 51.4 Å². The van der Waals surface area contributed by atoms with Crippen LogP contribution < -0.4 is 14.4 Å². The molecule has 1 unspecified atom stereocenters. The van der Waals surface area contributed by atoms with E-state index in [9.17, 15) is 18.0 Å². The first kappa shape index (κ1) is 32.4. The zero-order valence-electron chi connectivity index (χ0n) is 23.6. The number of amides is 2. The molecule has 0 aliphatic rings. The van der Waals surface area contributed by atoms with E-state index in [-0.39, 0.29) is 28.1 Å². The Morgan fingerprint density at radius 1 is 1.05 bits per heavy atom.